The first-order chi connectivity index (χ1) is 7.95. The van der Waals surface area contributed by atoms with Crippen molar-refractivity contribution in [3.8, 4) is 5.75 Å². The molecular weight excluding hydrogens is 218 g/mol. The van der Waals surface area contributed by atoms with E-state index in [1.54, 1.807) is 0 Å². The normalized spacial score (nSPS) is 11.0. The van der Waals surface area contributed by atoms with Crippen molar-refractivity contribution in [3.63, 3.8) is 0 Å². The van der Waals surface area contributed by atoms with Crippen LogP contribution in [0.3, 0.4) is 0 Å². The summed E-state index contributed by atoms with van der Waals surface area (Å²) in [6, 6.07) is 7.74. The van der Waals surface area contributed by atoms with E-state index in [9.17, 15) is 4.79 Å². The lowest BCUT2D eigenvalue weighted by molar-refractivity contribution is 0.192. The maximum Gasteiger partial charge on any atom is 0.404 e. The third-order valence-corrected chi connectivity index (χ3v) is 2.63. The Hall–Kier alpha value is -1.71. The van der Waals surface area contributed by atoms with Crippen LogP contribution in [0.2, 0.25) is 0 Å². The molecule has 94 valence electrons. The zero-order chi connectivity index (χ0) is 12.9. The molecule has 1 rings (SSSR count). The van der Waals surface area contributed by atoms with Gasteiger partial charge in [-0.25, -0.2) is 4.79 Å². The largest absolute Gasteiger partial charge is 0.494 e. The third kappa shape index (κ3) is 3.98. The van der Waals surface area contributed by atoms with Crippen LogP contribution in [-0.4, -0.2) is 24.4 Å². The average molecular weight is 237 g/mol. The van der Waals surface area contributed by atoms with Gasteiger partial charge in [0.05, 0.1) is 6.61 Å². The molecule has 0 aliphatic rings. The van der Waals surface area contributed by atoms with Crippen LogP contribution in [0, 0.1) is 0 Å². The van der Waals surface area contributed by atoms with E-state index < -0.39 is 6.09 Å². The molecule has 0 atom stereocenters. The van der Waals surface area contributed by atoms with Crippen LogP contribution in [0.5, 0.6) is 5.75 Å². The second-order valence-corrected chi connectivity index (χ2v) is 4.50. The Bertz CT molecular complexity index is 371. The van der Waals surface area contributed by atoms with Crippen molar-refractivity contribution in [2.45, 2.75) is 26.2 Å². The molecular formula is C13H19NO3. The van der Waals surface area contributed by atoms with Gasteiger partial charge in [0, 0.05) is 12.0 Å². The summed E-state index contributed by atoms with van der Waals surface area (Å²) in [5.74, 6) is 0.832. The maximum absolute atomic E-state index is 10.5. The fourth-order valence-electron chi connectivity index (χ4n) is 1.57. The second-order valence-electron chi connectivity index (χ2n) is 4.50. The minimum Gasteiger partial charge on any atom is -0.494 e. The summed E-state index contributed by atoms with van der Waals surface area (Å²) < 4.78 is 5.36. The minimum atomic E-state index is -0.996. The molecule has 0 unspecified atom stereocenters. The molecule has 0 saturated heterocycles. The number of hydrogen-bond donors (Lipinski definition) is 2. The summed E-state index contributed by atoms with van der Waals surface area (Å²) in [4.78, 5) is 10.5. The van der Waals surface area contributed by atoms with Crippen molar-refractivity contribution in [1.29, 1.82) is 0 Å². The van der Waals surface area contributed by atoms with Gasteiger partial charge in [-0.15, -0.1) is 0 Å². The standard InChI is InChI=1S/C13H19NO3/c1-4-17-11-7-5-10(6-8-11)13(2,3)9-14-12(15)16/h5-8,14H,4,9H2,1-3H3,(H,15,16). The van der Waals surface area contributed by atoms with Crippen LogP contribution >= 0.6 is 0 Å². The first-order valence-corrected chi connectivity index (χ1v) is 5.66. The molecule has 0 saturated carbocycles. The van der Waals surface area contributed by atoms with Crippen LogP contribution < -0.4 is 10.1 Å². The van der Waals surface area contributed by atoms with Crippen LogP contribution in [0.25, 0.3) is 0 Å². The molecule has 0 bridgehead atoms. The molecule has 0 heterocycles. The minimum absolute atomic E-state index is 0.233. The van der Waals surface area contributed by atoms with Gasteiger partial charge in [-0.05, 0) is 24.6 Å². The SMILES string of the molecule is CCOc1ccc(C(C)(C)CNC(=O)O)cc1. The highest BCUT2D eigenvalue weighted by atomic mass is 16.5. The van der Waals surface area contributed by atoms with Gasteiger partial charge >= 0.3 is 6.09 Å². The van der Waals surface area contributed by atoms with Crippen molar-refractivity contribution in [1.82, 2.24) is 5.32 Å². The fraction of sp³-hybridized carbons (Fsp3) is 0.462. The molecule has 0 radical (unpaired) electrons. The van der Waals surface area contributed by atoms with Crippen molar-refractivity contribution < 1.29 is 14.6 Å². The van der Waals surface area contributed by atoms with Gasteiger partial charge in [0.2, 0.25) is 0 Å². The lowest BCUT2D eigenvalue weighted by Gasteiger charge is -2.25. The van der Waals surface area contributed by atoms with Crippen LogP contribution in [0.4, 0.5) is 4.79 Å². The van der Waals surface area contributed by atoms with Crippen LogP contribution in [0.15, 0.2) is 24.3 Å². The smallest absolute Gasteiger partial charge is 0.404 e. The Kier molecular flexibility index (Phi) is 4.37. The van der Waals surface area contributed by atoms with E-state index in [1.807, 2.05) is 45.0 Å². The Labute approximate surface area is 102 Å². The van der Waals surface area contributed by atoms with E-state index in [-0.39, 0.29) is 5.41 Å². The zero-order valence-corrected chi connectivity index (χ0v) is 10.5. The first-order valence-electron chi connectivity index (χ1n) is 5.66. The number of hydrogen-bond acceptors (Lipinski definition) is 2. The van der Waals surface area contributed by atoms with Gasteiger partial charge in [-0.1, -0.05) is 26.0 Å². The highest BCUT2D eigenvalue weighted by Crippen LogP contribution is 2.24. The number of rotatable bonds is 5. The molecule has 4 heteroatoms. The van der Waals surface area contributed by atoms with E-state index in [0.717, 1.165) is 11.3 Å². The molecule has 0 aliphatic heterocycles. The summed E-state index contributed by atoms with van der Waals surface area (Å²) in [6.07, 6.45) is -0.996. The van der Waals surface area contributed by atoms with Gasteiger partial charge in [0.15, 0.2) is 0 Å². The predicted octanol–water partition coefficient (Wildman–Crippen LogP) is 2.63. The summed E-state index contributed by atoms with van der Waals surface area (Å²) >= 11 is 0. The van der Waals surface area contributed by atoms with E-state index in [1.165, 1.54) is 0 Å². The third-order valence-electron chi connectivity index (χ3n) is 2.63. The monoisotopic (exact) mass is 237 g/mol. The number of benzene rings is 1. The fourth-order valence-corrected chi connectivity index (χ4v) is 1.57. The van der Waals surface area contributed by atoms with Crippen molar-refractivity contribution in [2.24, 2.45) is 0 Å². The maximum atomic E-state index is 10.5. The van der Waals surface area contributed by atoms with E-state index in [2.05, 4.69) is 5.32 Å². The lowest BCUT2D eigenvalue weighted by atomic mass is 9.84. The van der Waals surface area contributed by atoms with Crippen LogP contribution in [-0.2, 0) is 5.41 Å². The molecule has 1 amide bonds. The molecule has 0 spiro atoms. The topological polar surface area (TPSA) is 58.6 Å². The average Bonchev–Trinajstić information content (AvgIpc) is 2.28. The number of nitrogens with one attached hydrogen (secondary N) is 1. The van der Waals surface area contributed by atoms with Gasteiger partial charge in [-0.3, -0.25) is 0 Å². The summed E-state index contributed by atoms with van der Waals surface area (Å²) in [7, 11) is 0. The Morgan fingerprint density at radius 2 is 1.94 bits per heavy atom. The number of ether oxygens (including phenoxy) is 1. The van der Waals surface area contributed by atoms with Gasteiger partial charge in [-0.2, -0.15) is 0 Å². The summed E-state index contributed by atoms with van der Waals surface area (Å²) in [6.45, 7) is 6.96. The second kappa shape index (κ2) is 5.57. The van der Waals surface area contributed by atoms with Crippen molar-refractivity contribution >= 4 is 6.09 Å². The lowest BCUT2D eigenvalue weighted by Crippen LogP contribution is -2.35. The highest BCUT2D eigenvalue weighted by molar-refractivity contribution is 5.64. The zero-order valence-electron chi connectivity index (χ0n) is 10.5. The quantitative estimate of drug-likeness (QED) is 0.827. The first kappa shape index (κ1) is 13.4. The molecule has 17 heavy (non-hydrogen) atoms. The molecule has 4 nitrogen and oxygen atoms in total. The van der Waals surface area contributed by atoms with Gasteiger partial charge in [0.1, 0.15) is 5.75 Å². The Morgan fingerprint density at radius 3 is 2.41 bits per heavy atom. The van der Waals surface area contributed by atoms with E-state index in [0.29, 0.717) is 13.2 Å². The number of amides is 1. The Morgan fingerprint density at radius 1 is 1.35 bits per heavy atom. The molecule has 1 aromatic carbocycles. The van der Waals surface area contributed by atoms with Crippen molar-refractivity contribution in [2.75, 3.05) is 13.2 Å². The molecule has 1 aromatic rings. The van der Waals surface area contributed by atoms with E-state index >= 15 is 0 Å². The molecule has 0 fully saturated rings. The summed E-state index contributed by atoms with van der Waals surface area (Å²) in [5.41, 5.74) is 0.845. The Balaban J connectivity index is 2.73. The molecule has 0 aromatic heterocycles. The van der Waals surface area contributed by atoms with E-state index in [4.69, 9.17) is 9.84 Å². The molecule has 0 aliphatic carbocycles. The number of carbonyl (C=O) groups is 1. The number of carboxylic acid groups (broad SMARTS) is 1. The van der Waals surface area contributed by atoms with Crippen molar-refractivity contribution in [3.05, 3.63) is 29.8 Å². The predicted molar refractivity (Wildman–Crippen MR) is 66.7 cm³/mol. The highest BCUT2D eigenvalue weighted by Gasteiger charge is 2.21. The van der Waals surface area contributed by atoms with Gasteiger partial charge < -0.3 is 15.2 Å². The summed E-state index contributed by atoms with van der Waals surface area (Å²) in [5, 5.41) is 11.0. The van der Waals surface area contributed by atoms with Crippen LogP contribution in [0.1, 0.15) is 26.3 Å². The molecule has 2 N–H and O–H groups in total. The van der Waals surface area contributed by atoms with Gasteiger partial charge in [0.25, 0.3) is 0 Å².